The van der Waals surface area contributed by atoms with Crippen molar-refractivity contribution >= 4 is 10.0 Å². The van der Waals surface area contributed by atoms with Gasteiger partial charge in [0, 0.05) is 12.1 Å². The molecule has 108 valence electrons. The highest BCUT2D eigenvalue weighted by molar-refractivity contribution is 7.89. The Kier molecular flexibility index (Phi) is 4.48. The molecule has 1 saturated carbocycles. The van der Waals surface area contributed by atoms with Crippen LogP contribution in [0.15, 0.2) is 29.2 Å². The van der Waals surface area contributed by atoms with Gasteiger partial charge in [0.05, 0.1) is 11.4 Å². The average Bonchev–Trinajstić information content (AvgIpc) is 2.41. The quantitative estimate of drug-likeness (QED) is 0.825. The molecule has 1 aliphatic carbocycles. The van der Waals surface area contributed by atoms with E-state index in [4.69, 9.17) is 5.73 Å². The lowest BCUT2D eigenvalue weighted by Gasteiger charge is -2.38. The number of nitrogens with two attached hydrogens (primary N) is 1. The van der Waals surface area contributed by atoms with Gasteiger partial charge in [-0.2, -0.15) is 0 Å². The van der Waals surface area contributed by atoms with Crippen LogP contribution in [0.25, 0.3) is 0 Å². The van der Waals surface area contributed by atoms with E-state index in [1.54, 1.807) is 24.3 Å². The second-order valence-electron chi connectivity index (χ2n) is 5.52. The van der Waals surface area contributed by atoms with E-state index in [0.29, 0.717) is 13.1 Å². The van der Waals surface area contributed by atoms with Gasteiger partial charge in [-0.3, -0.25) is 0 Å². The van der Waals surface area contributed by atoms with Crippen LogP contribution in [-0.2, 0) is 10.0 Å². The summed E-state index contributed by atoms with van der Waals surface area (Å²) in [6, 6.07) is 6.54. The predicted molar refractivity (Wildman–Crippen MR) is 79.5 cm³/mol. The van der Waals surface area contributed by atoms with Gasteiger partial charge in [0.25, 0.3) is 0 Å². The van der Waals surface area contributed by atoms with E-state index in [1.165, 1.54) is 6.42 Å². The molecule has 0 amide bonds. The molecule has 0 heterocycles. The van der Waals surface area contributed by atoms with Crippen LogP contribution in [0.1, 0.15) is 31.7 Å². The van der Waals surface area contributed by atoms with Crippen LogP contribution < -0.4 is 10.5 Å². The Hall–Kier alpha value is -1.35. The predicted octanol–water partition coefficient (Wildman–Crippen LogP) is 1.47. The van der Waals surface area contributed by atoms with Crippen molar-refractivity contribution in [2.45, 2.75) is 31.1 Å². The van der Waals surface area contributed by atoms with Gasteiger partial charge >= 0.3 is 0 Å². The number of sulfonamides is 1. The summed E-state index contributed by atoms with van der Waals surface area (Å²) in [6.45, 7) is 2.91. The lowest BCUT2D eigenvalue weighted by Crippen LogP contribution is -2.39. The molecule has 1 fully saturated rings. The van der Waals surface area contributed by atoms with Gasteiger partial charge in [0.2, 0.25) is 10.0 Å². The Morgan fingerprint density at radius 2 is 1.95 bits per heavy atom. The molecule has 0 radical (unpaired) electrons. The lowest BCUT2D eigenvalue weighted by atomic mass is 9.71. The maximum Gasteiger partial charge on any atom is 0.240 e. The first-order chi connectivity index (χ1) is 9.45. The fourth-order valence-electron chi connectivity index (χ4n) is 2.18. The largest absolute Gasteiger partial charge is 0.320 e. The molecule has 2 rings (SSSR count). The Labute approximate surface area is 120 Å². The summed E-state index contributed by atoms with van der Waals surface area (Å²) in [5.41, 5.74) is 6.18. The van der Waals surface area contributed by atoms with Gasteiger partial charge in [0.1, 0.15) is 0 Å². The molecule has 4 nitrogen and oxygen atoms in total. The molecule has 1 aromatic carbocycles. The van der Waals surface area contributed by atoms with Crippen LogP contribution in [0, 0.1) is 17.3 Å². The molecule has 0 aromatic heterocycles. The maximum absolute atomic E-state index is 12.2. The molecule has 0 unspecified atom stereocenters. The first-order valence-electron chi connectivity index (χ1n) is 6.74. The van der Waals surface area contributed by atoms with Crippen molar-refractivity contribution < 1.29 is 8.42 Å². The van der Waals surface area contributed by atoms with E-state index in [0.717, 1.165) is 18.4 Å². The van der Waals surface area contributed by atoms with Crippen LogP contribution in [0.2, 0.25) is 0 Å². The van der Waals surface area contributed by atoms with Gasteiger partial charge in [-0.1, -0.05) is 25.2 Å². The Morgan fingerprint density at radius 1 is 1.30 bits per heavy atom. The molecule has 20 heavy (non-hydrogen) atoms. The summed E-state index contributed by atoms with van der Waals surface area (Å²) in [7, 11) is -3.43. The summed E-state index contributed by atoms with van der Waals surface area (Å²) < 4.78 is 27.1. The molecule has 0 bridgehead atoms. The average molecular weight is 292 g/mol. The van der Waals surface area contributed by atoms with Crippen molar-refractivity contribution in [3.05, 3.63) is 29.8 Å². The number of hydrogen-bond acceptors (Lipinski definition) is 3. The molecular weight excluding hydrogens is 272 g/mol. The standard InChI is InChI=1S/C15H20N2O2S/c1-15(9-3-10-15)12-17-20(18,19)14-7-5-13(6-8-14)4-2-11-16/h5-8,17H,3,9-12,16H2,1H3. The van der Waals surface area contributed by atoms with E-state index in [9.17, 15) is 8.42 Å². The second kappa shape index (κ2) is 5.96. The first-order valence-corrected chi connectivity index (χ1v) is 8.22. The molecule has 0 saturated heterocycles. The number of nitrogens with one attached hydrogen (secondary N) is 1. The third-order valence-electron chi connectivity index (χ3n) is 3.75. The summed E-state index contributed by atoms with van der Waals surface area (Å²) in [5.74, 6) is 5.60. The van der Waals surface area contributed by atoms with Crippen LogP contribution in [-0.4, -0.2) is 21.5 Å². The number of hydrogen-bond donors (Lipinski definition) is 2. The van der Waals surface area contributed by atoms with E-state index in [-0.39, 0.29) is 10.3 Å². The topological polar surface area (TPSA) is 72.2 Å². The fraction of sp³-hybridized carbons (Fsp3) is 0.467. The van der Waals surface area contributed by atoms with Crippen molar-refractivity contribution in [1.82, 2.24) is 4.72 Å². The maximum atomic E-state index is 12.2. The van der Waals surface area contributed by atoms with Crippen molar-refractivity contribution in [1.29, 1.82) is 0 Å². The zero-order valence-electron chi connectivity index (χ0n) is 11.6. The summed E-state index contributed by atoms with van der Waals surface area (Å²) in [5, 5.41) is 0. The molecule has 1 aromatic rings. The summed E-state index contributed by atoms with van der Waals surface area (Å²) >= 11 is 0. The highest BCUT2D eigenvalue weighted by Gasteiger charge is 2.32. The number of rotatable bonds is 4. The highest BCUT2D eigenvalue weighted by atomic mass is 32.2. The number of benzene rings is 1. The van der Waals surface area contributed by atoms with Gasteiger partial charge in [-0.25, -0.2) is 13.1 Å². The van der Waals surface area contributed by atoms with Crippen molar-refractivity contribution in [2.75, 3.05) is 13.1 Å². The molecule has 3 N–H and O–H groups in total. The molecule has 1 aliphatic rings. The van der Waals surface area contributed by atoms with Crippen LogP contribution >= 0.6 is 0 Å². The van der Waals surface area contributed by atoms with Crippen LogP contribution in [0.4, 0.5) is 0 Å². The van der Waals surface area contributed by atoms with E-state index < -0.39 is 10.0 Å². The van der Waals surface area contributed by atoms with Crippen LogP contribution in [0.3, 0.4) is 0 Å². The van der Waals surface area contributed by atoms with Crippen molar-refractivity contribution in [2.24, 2.45) is 11.1 Å². The molecule has 5 heteroatoms. The minimum absolute atomic E-state index is 0.125. The zero-order valence-corrected chi connectivity index (χ0v) is 12.5. The lowest BCUT2D eigenvalue weighted by molar-refractivity contribution is 0.166. The van der Waals surface area contributed by atoms with E-state index in [1.807, 2.05) is 0 Å². The summed E-state index contributed by atoms with van der Waals surface area (Å²) in [4.78, 5) is 0.277. The summed E-state index contributed by atoms with van der Waals surface area (Å²) in [6.07, 6.45) is 3.36. The van der Waals surface area contributed by atoms with Gasteiger partial charge < -0.3 is 5.73 Å². The van der Waals surface area contributed by atoms with Gasteiger partial charge in [0.15, 0.2) is 0 Å². The third kappa shape index (κ3) is 3.60. The second-order valence-corrected chi connectivity index (χ2v) is 7.29. The normalized spacial score (nSPS) is 16.9. The monoisotopic (exact) mass is 292 g/mol. The fourth-order valence-corrected chi connectivity index (χ4v) is 3.38. The SMILES string of the molecule is CC1(CNS(=O)(=O)c2ccc(C#CCN)cc2)CCC1. The Bertz CT molecular complexity index is 620. The van der Waals surface area contributed by atoms with Crippen molar-refractivity contribution in [3.8, 4) is 11.8 Å². The first kappa shape index (κ1) is 15.0. The van der Waals surface area contributed by atoms with E-state index >= 15 is 0 Å². The third-order valence-corrected chi connectivity index (χ3v) is 5.17. The van der Waals surface area contributed by atoms with E-state index in [2.05, 4.69) is 23.5 Å². The van der Waals surface area contributed by atoms with Gasteiger partial charge in [-0.05, 0) is 42.5 Å². The van der Waals surface area contributed by atoms with Crippen molar-refractivity contribution in [3.63, 3.8) is 0 Å². The minimum Gasteiger partial charge on any atom is -0.320 e. The van der Waals surface area contributed by atoms with Crippen LogP contribution in [0.5, 0.6) is 0 Å². The smallest absolute Gasteiger partial charge is 0.240 e. The Balaban J connectivity index is 2.05. The zero-order chi connectivity index (χ0) is 14.6. The highest BCUT2D eigenvalue weighted by Crippen LogP contribution is 2.39. The molecule has 0 atom stereocenters. The molecule has 0 aliphatic heterocycles. The molecule has 0 spiro atoms. The van der Waals surface area contributed by atoms with Gasteiger partial charge in [-0.15, -0.1) is 0 Å². The Morgan fingerprint density at radius 3 is 2.45 bits per heavy atom. The molecular formula is C15H20N2O2S. The minimum atomic E-state index is -3.43.